The first-order valence-electron chi connectivity index (χ1n) is 6.76. The molecule has 2 aromatic rings. The molecular weight excluding hydrogens is 248 g/mol. The molecule has 3 nitrogen and oxygen atoms in total. The second-order valence-corrected chi connectivity index (χ2v) is 5.22. The number of anilines is 2. The first-order valence-corrected chi connectivity index (χ1v) is 6.76. The average molecular weight is 268 g/mol. The number of carbonyl (C=O) groups is 1. The average Bonchev–Trinajstić information content (AvgIpc) is 2.42. The Morgan fingerprint density at radius 1 is 1.10 bits per heavy atom. The third-order valence-electron chi connectivity index (χ3n) is 3.45. The van der Waals surface area contributed by atoms with Crippen molar-refractivity contribution in [1.82, 2.24) is 0 Å². The minimum absolute atomic E-state index is 0.122. The van der Waals surface area contributed by atoms with Gasteiger partial charge < -0.3 is 11.1 Å². The summed E-state index contributed by atoms with van der Waals surface area (Å²) in [5, 5.41) is 2.98. The number of nitrogens with two attached hydrogens (primary N) is 1. The van der Waals surface area contributed by atoms with Gasteiger partial charge in [0.25, 0.3) is 5.91 Å². The number of hydrogen-bond donors (Lipinski definition) is 2. The summed E-state index contributed by atoms with van der Waals surface area (Å²) in [6, 6.07) is 13.3. The summed E-state index contributed by atoms with van der Waals surface area (Å²) in [4.78, 5) is 12.4. The fourth-order valence-electron chi connectivity index (χ4n) is 2.20. The number of nitrogens with one attached hydrogen (secondary N) is 1. The minimum atomic E-state index is -0.122. The Hall–Kier alpha value is -2.29. The summed E-state index contributed by atoms with van der Waals surface area (Å²) < 4.78 is 0. The second-order valence-electron chi connectivity index (χ2n) is 5.22. The van der Waals surface area contributed by atoms with E-state index in [1.165, 1.54) is 0 Å². The number of nitrogen functional groups attached to an aromatic ring is 1. The molecule has 0 aliphatic rings. The Bertz CT molecular complexity index is 633. The van der Waals surface area contributed by atoms with Crippen LogP contribution in [0.1, 0.15) is 41.3 Å². The molecule has 2 aromatic carbocycles. The molecule has 0 aliphatic carbocycles. The Morgan fingerprint density at radius 3 is 2.50 bits per heavy atom. The van der Waals surface area contributed by atoms with Gasteiger partial charge >= 0.3 is 0 Å². The van der Waals surface area contributed by atoms with Gasteiger partial charge in [0.05, 0.1) is 0 Å². The maximum absolute atomic E-state index is 12.4. The van der Waals surface area contributed by atoms with Crippen molar-refractivity contribution in [2.75, 3.05) is 11.1 Å². The molecule has 1 amide bonds. The van der Waals surface area contributed by atoms with Crippen LogP contribution in [0.2, 0.25) is 0 Å². The van der Waals surface area contributed by atoms with E-state index in [1.807, 2.05) is 31.2 Å². The first-order chi connectivity index (χ1) is 9.50. The highest BCUT2D eigenvalue weighted by molar-refractivity contribution is 6.06. The quantitative estimate of drug-likeness (QED) is 0.828. The predicted octanol–water partition coefficient (Wildman–Crippen LogP) is 3.95. The lowest BCUT2D eigenvalue weighted by Gasteiger charge is -2.14. The van der Waals surface area contributed by atoms with E-state index in [2.05, 4.69) is 19.2 Å². The number of para-hydroxylation sites is 1. The van der Waals surface area contributed by atoms with E-state index in [1.54, 1.807) is 18.2 Å². The fraction of sp³-hybridized carbons (Fsp3) is 0.235. The van der Waals surface area contributed by atoms with Crippen LogP contribution in [0.15, 0.2) is 42.5 Å². The van der Waals surface area contributed by atoms with Gasteiger partial charge in [-0.1, -0.05) is 38.1 Å². The standard InChI is InChI=1S/C17H20N2O/c1-11(2)13-7-4-5-10-16(13)19-17(20)14-8-6-9-15(18)12(14)3/h4-11H,18H2,1-3H3,(H,19,20). The molecule has 0 saturated heterocycles. The van der Waals surface area contributed by atoms with Crippen molar-refractivity contribution >= 4 is 17.3 Å². The topological polar surface area (TPSA) is 55.1 Å². The molecule has 0 aromatic heterocycles. The molecule has 0 heterocycles. The summed E-state index contributed by atoms with van der Waals surface area (Å²) in [7, 11) is 0. The van der Waals surface area contributed by atoms with Crippen molar-refractivity contribution in [3.8, 4) is 0 Å². The SMILES string of the molecule is Cc1c(N)cccc1C(=O)Nc1ccccc1C(C)C. The number of amides is 1. The van der Waals surface area contributed by atoms with Crippen LogP contribution in [0.3, 0.4) is 0 Å². The minimum Gasteiger partial charge on any atom is -0.398 e. The lowest BCUT2D eigenvalue weighted by Crippen LogP contribution is -2.15. The van der Waals surface area contributed by atoms with Gasteiger partial charge in [0, 0.05) is 16.9 Å². The molecule has 0 unspecified atom stereocenters. The monoisotopic (exact) mass is 268 g/mol. The highest BCUT2D eigenvalue weighted by atomic mass is 16.1. The van der Waals surface area contributed by atoms with E-state index >= 15 is 0 Å². The molecule has 0 spiro atoms. The van der Waals surface area contributed by atoms with E-state index in [0.29, 0.717) is 17.2 Å². The van der Waals surface area contributed by atoms with Crippen molar-refractivity contribution in [2.24, 2.45) is 0 Å². The largest absolute Gasteiger partial charge is 0.398 e. The zero-order valence-corrected chi connectivity index (χ0v) is 12.1. The van der Waals surface area contributed by atoms with Crippen LogP contribution in [0, 0.1) is 6.92 Å². The van der Waals surface area contributed by atoms with E-state index < -0.39 is 0 Å². The van der Waals surface area contributed by atoms with Crippen LogP contribution in [0.4, 0.5) is 11.4 Å². The molecule has 0 saturated carbocycles. The third kappa shape index (κ3) is 2.82. The number of benzene rings is 2. The Morgan fingerprint density at radius 2 is 1.80 bits per heavy atom. The molecule has 0 bridgehead atoms. The number of carbonyl (C=O) groups excluding carboxylic acids is 1. The molecule has 0 aliphatic heterocycles. The maximum Gasteiger partial charge on any atom is 0.256 e. The van der Waals surface area contributed by atoms with Crippen LogP contribution in [0.5, 0.6) is 0 Å². The molecule has 0 radical (unpaired) electrons. The van der Waals surface area contributed by atoms with Gasteiger partial charge in [-0.2, -0.15) is 0 Å². The molecule has 3 N–H and O–H groups in total. The smallest absolute Gasteiger partial charge is 0.256 e. The lowest BCUT2D eigenvalue weighted by molar-refractivity contribution is 0.102. The van der Waals surface area contributed by atoms with Crippen molar-refractivity contribution in [3.63, 3.8) is 0 Å². The van der Waals surface area contributed by atoms with Gasteiger partial charge in [-0.3, -0.25) is 4.79 Å². The van der Waals surface area contributed by atoms with Crippen molar-refractivity contribution in [3.05, 3.63) is 59.2 Å². The highest BCUT2D eigenvalue weighted by Crippen LogP contribution is 2.25. The van der Waals surface area contributed by atoms with Gasteiger partial charge in [0.2, 0.25) is 0 Å². The van der Waals surface area contributed by atoms with E-state index in [4.69, 9.17) is 5.73 Å². The van der Waals surface area contributed by atoms with E-state index in [0.717, 1.165) is 16.8 Å². The summed E-state index contributed by atoms with van der Waals surface area (Å²) >= 11 is 0. The molecule has 3 heteroatoms. The first kappa shape index (κ1) is 14.1. The molecule has 20 heavy (non-hydrogen) atoms. The van der Waals surface area contributed by atoms with Crippen LogP contribution in [-0.2, 0) is 0 Å². The van der Waals surface area contributed by atoms with Gasteiger partial charge in [0.1, 0.15) is 0 Å². The molecule has 104 valence electrons. The Balaban J connectivity index is 2.31. The number of hydrogen-bond acceptors (Lipinski definition) is 2. The molecule has 0 atom stereocenters. The van der Waals surface area contributed by atoms with Gasteiger partial charge in [-0.25, -0.2) is 0 Å². The zero-order chi connectivity index (χ0) is 14.7. The fourth-order valence-corrected chi connectivity index (χ4v) is 2.20. The Kier molecular flexibility index (Phi) is 4.08. The lowest BCUT2D eigenvalue weighted by atomic mass is 10.0. The van der Waals surface area contributed by atoms with Crippen LogP contribution >= 0.6 is 0 Å². The normalized spacial score (nSPS) is 10.6. The van der Waals surface area contributed by atoms with Crippen LogP contribution in [-0.4, -0.2) is 5.91 Å². The van der Waals surface area contributed by atoms with Crippen LogP contribution < -0.4 is 11.1 Å². The van der Waals surface area contributed by atoms with Crippen molar-refractivity contribution < 1.29 is 4.79 Å². The Labute approximate surface area is 119 Å². The maximum atomic E-state index is 12.4. The van der Waals surface area contributed by atoms with Crippen molar-refractivity contribution in [1.29, 1.82) is 0 Å². The number of rotatable bonds is 3. The highest BCUT2D eigenvalue weighted by Gasteiger charge is 2.13. The third-order valence-corrected chi connectivity index (χ3v) is 3.45. The molecule has 2 rings (SSSR count). The summed E-state index contributed by atoms with van der Waals surface area (Å²) in [6.45, 7) is 6.08. The van der Waals surface area contributed by atoms with E-state index in [-0.39, 0.29) is 5.91 Å². The second kappa shape index (κ2) is 5.78. The molecule has 0 fully saturated rings. The van der Waals surface area contributed by atoms with Crippen LogP contribution in [0.25, 0.3) is 0 Å². The van der Waals surface area contributed by atoms with Gasteiger partial charge in [-0.15, -0.1) is 0 Å². The van der Waals surface area contributed by atoms with E-state index in [9.17, 15) is 4.79 Å². The summed E-state index contributed by atoms with van der Waals surface area (Å²) in [6.07, 6.45) is 0. The van der Waals surface area contributed by atoms with Gasteiger partial charge in [-0.05, 0) is 42.2 Å². The van der Waals surface area contributed by atoms with Gasteiger partial charge in [0.15, 0.2) is 0 Å². The summed E-state index contributed by atoms with van der Waals surface area (Å²) in [5.41, 5.74) is 9.89. The summed E-state index contributed by atoms with van der Waals surface area (Å²) in [5.74, 6) is 0.233. The van der Waals surface area contributed by atoms with Crippen molar-refractivity contribution in [2.45, 2.75) is 26.7 Å². The molecular formula is C17H20N2O. The zero-order valence-electron chi connectivity index (χ0n) is 12.1. The predicted molar refractivity (Wildman–Crippen MR) is 84.1 cm³/mol.